The van der Waals surface area contributed by atoms with Crippen LogP contribution >= 0.6 is 0 Å². The number of amides is 4. The fourth-order valence-electron chi connectivity index (χ4n) is 3.60. The number of nitrogens with zero attached hydrogens (tertiary/aromatic N) is 2. The fraction of sp³-hybridized carbons (Fsp3) is 0.269. The first-order chi connectivity index (χ1) is 18.6. The summed E-state index contributed by atoms with van der Waals surface area (Å²) in [5, 5.41) is 16.0. The highest BCUT2D eigenvalue weighted by atomic mass is 16.7. The molecule has 0 fully saturated rings. The van der Waals surface area contributed by atoms with Crippen molar-refractivity contribution in [2.24, 2.45) is 0 Å². The molecule has 0 saturated heterocycles. The quantitative estimate of drug-likeness (QED) is 0.103. The minimum atomic E-state index is -0.992. The molecular weight excluding hydrogens is 512 g/mol. The van der Waals surface area contributed by atoms with Crippen molar-refractivity contribution in [1.29, 1.82) is 0 Å². The fourth-order valence-corrected chi connectivity index (χ4v) is 3.60. The van der Waals surface area contributed by atoms with Crippen molar-refractivity contribution >= 4 is 41.2 Å². The van der Waals surface area contributed by atoms with Crippen LogP contribution in [-0.4, -0.2) is 52.2 Å². The number of nitro groups is 1. The summed E-state index contributed by atoms with van der Waals surface area (Å²) in [7, 11) is 0. The monoisotopic (exact) mass is 538 g/mol. The predicted octanol–water partition coefficient (Wildman–Crippen LogP) is 2.85. The zero-order chi connectivity index (χ0) is 28.4. The number of anilines is 1. The van der Waals surface area contributed by atoms with Gasteiger partial charge in [-0.3, -0.25) is 34.2 Å². The molecule has 0 aromatic heterocycles. The molecule has 2 aromatic rings. The van der Waals surface area contributed by atoms with Gasteiger partial charge in [0.2, 0.25) is 11.8 Å². The molecule has 0 bridgehead atoms. The molecule has 1 aliphatic heterocycles. The van der Waals surface area contributed by atoms with E-state index in [1.165, 1.54) is 43.3 Å². The van der Waals surface area contributed by atoms with Crippen LogP contribution in [0.5, 0.6) is 5.75 Å². The predicted molar refractivity (Wildman–Crippen MR) is 136 cm³/mol. The standard InChI is InChI=1S/C26H26N4O9/c1-17(31)27-22(4-2-3-15-29-23(32)13-14-24(29)33)25(34)28-19-7-5-18(6-8-19)16-38-26(35)39-21-11-9-20(10-12-21)30(36)37/h5-14,22H,2-4,15-16H2,1H3,(H,27,31)(H,28,34)/t22-/m0/s1. The van der Waals surface area contributed by atoms with Crippen molar-refractivity contribution < 1.29 is 38.4 Å². The Labute approximate surface area is 222 Å². The van der Waals surface area contributed by atoms with Gasteiger partial charge in [-0.15, -0.1) is 0 Å². The number of non-ortho nitro benzene ring substituents is 1. The third-order valence-electron chi connectivity index (χ3n) is 5.55. The molecule has 1 aliphatic rings. The van der Waals surface area contributed by atoms with Crippen molar-refractivity contribution in [3.05, 3.63) is 76.4 Å². The van der Waals surface area contributed by atoms with Gasteiger partial charge in [-0.2, -0.15) is 0 Å². The Morgan fingerprint density at radius 1 is 0.974 bits per heavy atom. The summed E-state index contributed by atoms with van der Waals surface area (Å²) in [4.78, 5) is 70.7. The summed E-state index contributed by atoms with van der Waals surface area (Å²) in [6.07, 6.45) is 2.69. The molecule has 13 nitrogen and oxygen atoms in total. The van der Waals surface area contributed by atoms with E-state index < -0.39 is 23.0 Å². The lowest BCUT2D eigenvalue weighted by Gasteiger charge is -2.19. The van der Waals surface area contributed by atoms with E-state index in [2.05, 4.69) is 10.6 Å². The Bertz CT molecular complexity index is 1260. The van der Waals surface area contributed by atoms with Gasteiger partial charge in [-0.25, -0.2) is 4.79 Å². The highest BCUT2D eigenvalue weighted by Crippen LogP contribution is 2.18. The zero-order valence-corrected chi connectivity index (χ0v) is 21.0. The van der Waals surface area contributed by atoms with E-state index in [4.69, 9.17) is 9.47 Å². The minimum absolute atomic E-state index is 0.0902. The van der Waals surface area contributed by atoms with Crippen LogP contribution in [0.25, 0.3) is 0 Å². The van der Waals surface area contributed by atoms with Gasteiger partial charge in [0, 0.05) is 43.4 Å². The van der Waals surface area contributed by atoms with Crippen LogP contribution in [0, 0.1) is 10.1 Å². The van der Waals surface area contributed by atoms with Crippen LogP contribution < -0.4 is 15.4 Å². The molecular formula is C26H26N4O9. The van der Waals surface area contributed by atoms with Crippen molar-refractivity contribution in [3.63, 3.8) is 0 Å². The van der Waals surface area contributed by atoms with E-state index in [1.54, 1.807) is 24.3 Å². The van der Waals surface area contributed by atoms with Gasteiger partial charge in [-0.05, 0) is 49.1 Å². The molecule has 0 unspecified atom stereocenters. The van der Waals surface area contributed by atoms with Crippen molar-refractivity contribution in [1.82, 2.24) is 10.2 Å². The third-order valence-corrected chi connectivity index (χ3v) is 5.55. The number of ether oxygens (including phenoxy) is 2. The second-order valence-corrected chi connectivity index (χ2v) is 8.49. The molecule has 1 atom stereocenters. The van der Waals surface area contributed by atoms with E-state index >= 15 is 0 Å². The first-order valence-corrected chi connectivity index (χ1v) is 11.9. The van der Waals surface area contributed by atoms with Gasteiger partial charge in [0.1, 0.15) is 18.4 Å². The Kier molecular flexibility index (Phi) is 9.84. The van der Waals surface area contributed by atoms with Crippen molar-refractivity contribution in [2.75, 3.05) is 11.9 Å². The SMILES string of the molecule is CC(=O)N[C@@H](CCCCN1C(=O)C=CC1=O)C(=O)Nc1ccc(COC(=O)Oc2ccc([N+](=O)[O-])cc2)cc1. The maximum Gasteiger partial charge on any atom is 0.514 e. The second kappa shape index (κ2) is 13.5. The molecule has 2 N–H and O–H groups in total. The van der Waals surface area contributed by atoms with Crippen LogP contribution in [0.1, 0.15) is 31.7 Å². The van der Waals surface area contributed by atoms with E-state index in [0.717, 1.165) is 4.90 Å². The number of carbonyl (C=O) groups excluding carboxylic acids is 5. The molecule has 4 amide bonds. The number of hydrogen-bond donors (Lipinski definition) is 2. The van der Waals surface area contributed by atoms with E-state index in [0.29, 0.717) is 30.5 Å². The van der Waals surface area contributed by atoms with Gasteiger partial charge in [0.25, 0.3) is 17.5 Å². The second-order valence-electron chi connectivity index (χ2n) is 8.49. The maximum atomic E-state index is 12.8. The Morgan fingerprint density at radius 2 is 1.62 bits per heavy atom. The summed E-state index contributed by atoms with van der Waals surface area (Å²) >= 11 is 0. The number of benzene rings is 2. The molecule has 204 valence electrons. The van der Waals surface area contributed by atoms with Crippen LogP contribution in [0.15, 0.2) is 60.7 Å². The number of nitrogens with one attached hydrogen (secondary N) is 2. The van der Waals surface area contributed by atoms with Gasteiger partial charge in [0.15, 0.2) is 0 Å². The number of carbonyl (C=O) groups is 5. The maximum absolute atomic E-state index is 12.8. The molecule has 0 aliphatic carbocycles. The lowest BCUT2D eigenvalue weighted by atomic mass is 10.1. The summed E-state index contributed by atoms with van der Waals surface area (Å²) in [6.45, 7) is 1.41. The highest BCUT2D eigenvalue weighted by molar-refractivity contribution is 6.12. The third kappa shape index (κ3) is 8.77. The van der Waals surface area contributed by atoms with Gasteiger partial charge in [0.05, 0.1) is 4.92 Å². The molecule has 0 radical (unpaired) electrons. The van der Waals surface area contributed by atoms with E-state index in [-0.39, 0.29) is 42.3 Å². The van der Waals surface area contributed by atoms with E-state index in [9.17, 15) is 34.1 Å². The number of hydrogen-bond acceptors (Lipinski definition) is 9. The lowest BCUT2D eigenvalue weighted by molar-refractivity contribution is -0.384. The number of rotatable bonds is 12. The zero-order valence-electron chi connectivity index (χ0n) is 21.0. The summed E-state index contributed by atoms with van der Waals surface area (Å²) in [6, 6.07) is 10.6. The van der Waals surface area contributed by atoms with Crippen LogP contribution in [0.4, 0.5) is 16.2 Å². The van der Waals surface area contributed by atoms with Gasteiger partial charge < -0.3 is 20.1 Å². The Balaban J connectivity index is 1.44. The first-order valence-electron chi connectivity index (χ1n) is 11.9. The minimum Gasteiger partial charge on any atom is -0.429 e. The van der Waals surface area contributed by atoms with Gasteiger partial charge >= 0.3 is 6.16 Å². The normalized spacial score (nSPS) is 13.1. The number of imide groups is 1. The largest absolute Gasteiger partial charge is 0.514 e. The lowest BCUT2D eigenvalue weighted by Crippen LogP contribution is -2.43. The average Bonchev–Trinajstić information content (AvgIpc) is 3.22. The van der Waals surface area contributed by atoms with E-state index in [1.807, 2.05) is 0 Å². The van der Waals surface area contributed by atoms with Crippen LogP contribution in [0.2, 0.25) is 0 Å². The molecule has 1 heterocycles. The topological polar surface area (TPSA) is 174 Å². The molecule has 39 heavy (non-hydrogen) atoms. The Hall–Kier alpha value is -5.07. The Morgan fingerprint density at radius 3 is 2.21 bits per heavy atom. The number of nitro benzene ring substituents is 1. The summed E-state index contributed by atoms with van der Waals surface area (Å²) in [5.74, 6) is -1.46. The first kappa shape index (κ1) is 28.5. The smallest absolute Gasteiger partial charge is 0.429 e. The molecule has 0 spiro atoms. The average molecular weight is 539 g/mol. The molecule has 13 heteroatoms. The van der Waals surface area contributed by atoms with Crippen LogP contribution in [-0.2, 0) is 30.5 Å². The van der Waals surface area contributed by atoms with Gasteiger partial charge in [-0.1, -0.05) is 12.1 Å². The van der Waals surface area contributed by atoms with Crippen molar-refractivity contribution in [3.8, 4) is 5.75 Å². The van der Waals surface area contributed by atoms with Crippen molar-refractivity contribution in [2.45, 2.75) is 38.8 Å². The molecule has 0 saturated carbocycles. The van der Waals surface area contributed by atoms with Crippen LogP contribution in [0.3, 0.4) is 0 Å². The summed E-state index contributed by atoms with van der Waals surface area (Å²) in [5.41, 5.74) is 0.913. The molecule has 3 rings (SSSR count). The highest BCUT2D eigenvalue weighted by Gasteiger charge is 2.23. The summed E-state index contributed by atoms with van der Waals surface area (Å²) < 4.78 is 10.0. The molecule has 2 aromatic carbocycles. The number of unbranched alkanes of at least 4 members (excludes halogenated alkanes) is 1.